The van der Waals surface area contributed by atoms with Crippen LogP contribution in [0.3, 0.4) is 0 Å². The van der Waals surface area contributed by atoms with Crippen molar-refractivity contribution in [2.45, 2.75) is 97.8 Å². The lowest BCUT2D eigenvalue weighted by Gasteiger charge is -2.06. The molecule has 12 heteroatoms. The van der Waals surface area contributed by atoms with Crippen molar-refractivity contribution in [2.75, 3.05) is 19.8 Å². The van der Waals surface area contributed by atoms with Crippen molar-refractivity contribution >= 4 is 0 Å². The number of rotatable bonds is 24. The second-order valence-corrected chi connectivity index (χ2v) is 14.9. The lowest BCUT2D eigenvalue weighted by atomic mass is 10.0. The first-order valence-corrected chi connectivity index (χ1v) is 21.5. The van der Waals surface area contributed by atoms with Gasteiger partial charge in [0.25, 0.3) is 17.7 Å². The van der Waals surface area contributed by atoms with Gasteiger partial charge in [-0.05, 0) is 110 Å². The van der Waals surface area contributed by atoms with Gasteiger partial charge in [0.1, 0.15) is 17.2 Å². The standard InChI is InChI=1S/C48H54N6O6/c1-4-7-10-13-28-55-40-22-16-34(17-23-40)43-49-46(58-52-43)37-31-38(47-50-44(53-59-47)35-18-24-41(25-19-35)56-29-14-11-8-5-2)33-39(32-37)48-51-45(54-60-48)36-20-26-42(27-21-36)57-30-15-12-9-6-3/h16-27,31-33H,4-15,28-30H2,1-3H3. The Balaban J connectivity index is 1.12. The Bertz CT molecular complexity index is 2060. The summed E-state index contributed by atoms with van der Waals surface area (Å²) in [7, 11) is 0. The third kappa shape index (κ3) is 11.5. The number of nitrogens with zero attached hydrogens (tertiary/aromatic N) is 6. The monoisotopic (exact) mass is 810 g/mol. The van der Waals surface area contributed by atoms with Gasteiger partial charge in [-0.15, -0.1) is 0 Å². The van der Waals surface area contributed by atoms with Gasteiger partial charge >= 0.3 is 0 Å². The Hall–Kier alpha value is -6.30. The molecular weight excluding hydrogens is 757 g/mol. The zero-order valence-electron chi connectivity index (χ0n) is 34.9. The van der Waals surface area contributed by atoms with Crippen LogP contribution in [0, 0.1) is 0 Å². The van der Waals surface area contributed by atoms with Crippen LogP contribution in [-0.4, -0.2) is 50.2 Å². The fraction of sp³-hybridized carbons (Fsp3) is 0.375. The number of hydrogen-bond acceptors (Lipinski definition) is 12. The van der Waals surface area contributed by atoms with Crippen LogP contribution in [0.4, 0.5) is 0 Å². The normalized spacial score (nSPS) is 11.2. The van der Waals surface area contributed by atoms with Crippen molar-refractivity contribution in [3.05, 3.63) is 91.0 Å². The highest BCUT2D eigenvalue weighted by atomic mass is 16.5. The molecule has 0 saturated carbocycles. The van der Waals surface area contributed by atoms with E-state index in [1.807, 2.05) is 91.0 Å². The maximum Gasteiger partial charge on any atom is 0.258 e. The lowest BCUT2D eigenvalue weighted by molar-refractivity contribution is 0.305. The van der Waals surface area contributed by atoms with E-state index in [0.717, 1.165) is 72.5 Å². The molecule has 0 spiro atoms. The molecular formula is C48H54N6O6. The minimum absolute atomic E-state index is 0.291. The van der Waals surface area contributed by atoms with Gasteiger partial charge in [0, 0.05) is 33.4 Å². The number of benzene rings is 4. The van der Waals surface area contributed by atoms with Gasteiger partial charge in [-0.1, -0.05) is 94.0 Å². The van der Waals surface area contributed by atoms with Gasteiger partial charge in [0.05, 0.1) is 19.8 Å². The third-order valence-corrected chi connectivity index (χ3v) is 10.1. The summed E-state index contributed by atoms with van der Waals surface area (Å²) in [5, 5.41) is 12.9. The molecule has 0 aliphatic heterocycles. The lowest BCUT2D eigenvalue weighted by Crippen LogP contribution is -1.97. The molecule has 0 unspecified atom stereocenters. The van der Waals surface area contributed by atoms with Crippen LogP contribution in [0.25, 0.3) is 68.5 Å². The molecule has 0 aliphatic carbocycles. The molecule has 60 heavy (non-hydrogen) atoms. The number of unbranched alkanes of at least 4 members (excludes halogenated alkanes) is 9. The van der Waals surface area contributed by atoms with E-state index in [1.165, 1.54) is 38.5 Å². The molecule has 0 aliphatic rings. The van der Waals surface area contributed by atoms with Crippen LogP contribution in [-0.2, 0) is 0 Å². The highest BCUT2D eigenvalue weighted by Gasteiger charge is 2.20. The molecule has 0 fully saturated rings. The highest BCUT2D eigenvalue weighted by molar-refractivity contribution is 5.75. The molecule has 0 N–H and O–H groups in total. The van der Waals surface area contributed by atoms with Crippen molar-refractivity contribution in [3.8, 4) is 85.8 Å². The van der Waals surface area contributed by atoms with E-state index < -0.39 is 0 Å². The number of ether oxygens (including phenoxy) is 3. The molecule has 0 radical (unpaired) electrons. The molecule has 4 aromatic carbocycles. The maximum atomic E-state index is 5.93. The summed E-state index contributed by atoms with van der Waals surface area (Å²) in [6.45, 7) is 8.67. The Morgan fingerprint density at radius 2 is 0.633 bits per heavy atom. The summed E-state index contributed by atoms with van der Waals surface area (Å²) >= 11 is 0. The topological polar surface area (TPSA) is 144 Å². The molecule has 0 bridgehead atoms. The molecule has 7 aromatic rings. The van der Waals surface area contributed by atoms with E-state index in [-0.39, 0.29) is 0 Å². The van der Waals surface area contributed by atoms with Gasteiger partial charge < -0.3 is 27.8 Å². The van der Waals surface area contributed by atoms with Crippen LogP contribution in [0.1, 0.15) is 97.8 Å². The molecule has 0 amide bonds. The minimum atomic E-state index is 0.291. The van der Waals surface area contributed by atoms with Crippen LogP contribution < -0.4 is 14.2 Å². The Morgan fingerprint density at radius 3 is 0.900 bits per heavy atom. The van der Waals surface area contributed by atoms with Gasteiger partial charge in [0.15, 0.2) is 0 Å². The zero-order chi connectivity index (χ0) is 41.4. The first-order chi connectivity index (χ1) is 29.6. The Morgan fingerprint density at radius 1 is 0.350 bits per heavy atom. The number of hydrogen-bond donors (Lipinski definition) is 0. The van der Waals surface area contributed by atoms with Gasteiger partial charge in [-0.25, -0.2) is 0 Å². The first kappa shape index (κ1) is 41.8. The Kier molecular flexibility index (Phi) is 15.1. The summed E-state index contributed by atoms with van der Waals surface area (Å²) in [5.41, 5.74) is 4.20. The van der Waals surface area contributed by atoms with E-state index >= 15 is 0 Å². The van der Waals surface area contributed by atoms with Gasteiger partial charge in [-0.2, -0.15) is 15.0 Å². The highest BCUT2D eigenvalue weighted by Crippen LogP contribution is 2.34. The number of aromatic nitrogens is 6. The summed E-state index contributed by atoms with van der Waals surface area (Å²) in [5.74, 6) is 4.60. The predicted octanol–water partition coefficient (Wildman–Crippen LogP) is 12.7. The SMILES string of the molecule is CCCCCCOc1ccc(-c2noc(-c3cc(-c4nc(-c5ccc(OCCCCCC)cc5)no4)cc(-c4nc(-c5ccc(OCCCCCC)cc5)no4)c3)n2)cc1. The van der Waals surface area contributed by atoms with E-state index in [4.69, 9.17) is 42.7 Å². The molecule has 3 heterocycles. The largest absolute Gasteiger partial charge is 0.494 e. The first-order valence-electron chi connectivity index (χ1n) is 21.5. The van der Waals surface area contributed by atoms with E-state index in [0.29, 0.717) is 71.7 Å². The predicted molar refractivity (Wildman–Crippen MR) is 232 cm³/mol. The summed E-state index contributed by atoms with van der Waals surface area (Å²) < 4.78 is 35.3. The van der Waals surface area contributed by atoms with Crippen LogP contribution in [0.15, 0.2) is 105 Å². The van der Waals surface area contributed by atoms with Gasteiger partial charge in [0.2, 0.25) is 17.5 Å². The zero-order valence-corrected chi connectivity index (χ0v) is 34.9. The summed E-state index contributed by atoms with van der Waals surface area (Å²) in [6.07, 6.45) is 13.8. The molecule has 0 atom stereocenters. The fourth-order valence-corrected chi connectivity index (χ4v) is 6.63. The van der Waals surface area contributed by atoms with Crippen molar-refractivity contribution in [2.24, 2.45) is 0 Å². The van der Waals surface area contributed by atoms with Gasteiger partial charge in [-0.3, -0.25) is 0 Å². The van der Waals surface area contributed by atoms with Crippen molar-refractivity contribution < 1.29 is 27.8 Å². The minimum Gasteiger partial charge on any atom is -0.494 e. The molecule has 12 nitrogen and oxygen atoms in total. The molecule has 312 valence electrons. The second-order valence-electron chi connectivity index (χ2n) is 14.9. The van der Waals surface area contributed by atoms with Crippen LogP contribution >= 0.6 is 0 Å². The van der Waals surface area contributed by atoms with Crippen molar-refractivity contribution in [3.63, 3.8) is 0 Å². The van der Waals surface area contributed by atoms with Crippen molar-refractivity contribution in [1.82, 2.24) is 30.4 Å². The molecule has 3 aromatic heterocycles. The van der Waals surface area contributed by atoms with E-state index in [2.05, 4.69) is 36.2 Å². The maximum absolute atomic E-state index is 5.93. The Labute approximate surface area is 351 Å². The average molecular weight is 811 g/mol. The van der Waals surface area contributed by atoms with E-state index in [1.54, 1.807) is 0 Å². The van der Waals surface area contributed by atoms with E-state index in [9.17, 15) is 0 Å². The average Bonchev–Trinajstić information content (AvgIpc) is 4.10. The quantitative estimate of drug-likeness (QED) is 0.0535. The van der Waals surface area contributed by atoms with Crippen molar-refractivity contribution in [1.29, 1.82) is 0 Å². The van der Waals surface area contributed by atoms with Crippen LogP contribution in [0.5, 0.6) is 17.2 Å². The van der Waals surface area contributed by atoms with Crippen LogP contribution in [0.2, 0.25) is 0 Å². The molecule has 0 saturated heterocycles. The molecule has 7 rings (SSSR count). The fourth-order valence-electron chi connectivity index (χ4n) is 6.63. The summed E-state index contributed by atoms with van der Waals surface area (Å²) in [4.78, 5) is 14.3. The third-order valence-electron chi connectivity index (χ3n) is 10.1. The summed E-state index contributed by atoms with van der Waals surface area (Å²) in [6, 6.07) is 28.7. The smallest absolute Gasteiger partial charge is 0.258 e. The second kappa shape index (κ2) is 21.6.